The van der Waals surface area contributed by atoms with Crippen LogP contribution >= 0.6 is 27.5 Å². The van der Waals surface area contributed by atoms with Crippen LogP contribution in [-0.2, 0) is 0 Å². The predicted octanol–water partition coefficient (Wildman–Crippen LogP) is 2.42. The van der Waals surface area contributed by atoms with Crippen molar-refractivity contribution in [1.82, 2.24) is 0 Å². The van der Waals surface area contributed by atoms with Crippen LogP contribution in [0.4, 0.5) is 0 Å². The molecule has 0 N–H and O–H groups in total. The van der Waals surface area contributed by atoms with Crippen LogP contribution < -0.4 is 0 Å². The zero-order valence-corrected chi connectivity index (χ0v) is 6.57. The van der Waals surface area contributed by atoms with Gasteiger partial charge >= 0.3 is 0 Å². The van der Waals surface area contributed by atoms with Gasteiger partial charge in [0.2, 0.25) is 0 Å². The van der Waals surface area contributed by atoms with Crippen molar-refractivity contribution in [2.24, 2.45) is 0 Å². The van der Waals surface area contributed by atoms with Gasteiger partial charge in [-0.1, -0.05) is 0 Å². The van der Waals surface area contributed by atoms with Gasteiger partial charge in [0.15, 0.2) is 5.76 Å². The van der Waals surface area contributed by atoms with Crippen molar-refractivity contribution in [1.29, 1.82) is 0 Å². The van der Waals surface area contributed by atoms with E-state index < -0.39 is 5.24 Å². The minimum Gasteiger partial charge on any atom is -0.459 e. The molecule has 1 rings (SSSR count). The van der Waals surface area contributed by atoms with Crippen molar-refractivity contribution in [3.63, 3.8) is 0 Å². The highest BCUT2D eigenvalue weighted by Gasteiger charge is 2.04. The molecule has 0 aliphatic rings. The number of hydrogen-bond donors (Lipinski definition) is 0. The van der Waals surface area contributed by atoms with Gasteiger partial charge in [-0.15, -0.1) is 0 Å². The summed E-state index contributed by atoms with van der Waals surface area (Å²) in [6, 6.07) is 1.51. The molecule has 0 atom stereocenters. The number of rotatable bonds is 1. The molecule has 0 saturated carbocycles. The largest absolute Gasteiger partial charge is 0.459 e. The Morgan fingerprint density at radius 3 is 2.67 bits per heavy atom. The fraction of sp³-hybridized carbons (Fsp3) is 0. The second kappa shape index (κ2) is 2.54. The summed E-state index contributed by atoms with van der Waals surface area (Å²) >= 11 is 8.16. The molecule has 0 unspecified atom stereocenters. The van der Waals surface area contributed by atoms with Crippen molar-refractivity contribution in [2.45, 2.75) is 0 Å². The lowest BCUT2D eigenvalue weighted by Gasteiger charge is -1.77. The Morgan fingerprint density at radius 2 is 2.44 bits per heavy atom. The van der Waals surface area contributed by atoms with Gasteiger partial charge < -0.3 is 4.42 Å². The molecule has 0 spiro atoms. The summed E-state index contributed by atoms with van der Waals surface area (Å²) in [5.41, 5.74) is 0. The maximum Gasteiger partial charge on any atom is 0.287 e. The maximum atomic E-state index is 10.3. The van der Waals surface area contributed by atoms with E-state index >= 15 is 0 Å². The molecule has 0 bridgehead atoms. The van der Waals surface area contributed by atoms with E-state index in [4.69, 9.17) is 16.0 Å². The molecule has 0 aliphatic carbocycles. The van der Waals surface area contributed by atoms with Crippen molar-refractivity contribution in [2.75, 3.05) is 0 Å². The Labute approximate surface area is 64.9 Å². The number of halogens is 2. The van der Waals surface area contributed by atoms with E-state index in [1.165, 1.54) is 12.3 Å². The molecule has 9 heavy (non-hydrogen) atoms. The van der Waals surface area contributed by atoms with Gasteiger partial charge in [-0.25, -0.2) is 0 Å². The third-order valence-corrected chi connectivity index (χ3v) is 1.36. The third kappa shape index (κ3) is 1.56. The van der Waals surface area contributed by atoms with E-state index in [2.05, 4.69) is 15.9 Å². The summed E-state index contributed by atoms with van der Waals surface area (Å²) < 4.78 is 5.41. The average molecular weight is 209 g/mol. The number of hydrogen-bond acceptors (Lipinski definition) is 2. The standard InChI is InChI=1S/C5H2BrClO2/c6-3-1-4(5(7)8)9-2-3/h1-2H. The Kier molecular flexibility index (Phi) is 1.93. The second-order valence-electron chi connectivity index (χ2n) is 1.40. The summed E-state index contributed by atoms with van der Waals surface area (Å²) in [5.74, 6) is 0.156. The smallest absolute Gasteiger partial charge is 0.287 e. The van der Waals surface area contributed by atoms with Crippen LogP contribution in [-0.4, -0.2) is 5.24 Å². The molecular formula is C5H2BrClO2. The molecule has 2 nitrogen and oxygen atoms in total. The molecule has 0 amide bonds. The Balaban J connectivity index is 2.98. The van der Waals surface area contributed by atoms with Gasteiger partial charge in [-0.2, -0.15) is 0 Å². The number of carbonyl (C=O) groups is 1. The summed E-state index contributed by atoms with van der Waals surface area (Å²) in [6.45, 7) is 0. The van der Waals surface area contributed by atoms with Crippen molar-refractivity contribution >= 4 is 32.8 Å². The molecule has 4 heteroatoms. The zero-order chi connectivity index (χ0) is 6.85. The normalized spacial score (nSPS) is 9.56. The Bertz CT molecular complexity index is 231. The lowest BCUT2D eigenvalue weighted by atomic mass is 10.5. The zero-order valence-electron chi connectivity index (χ0n) is 4.23. The first-order chi connectivity index (χ1) is 4.20. The fourth-order valence-corrected chi connectivity index (χ4v) is 0.817. The van der Waals surface area contributed by atoms with E-state index in [0.29, 0.717) is 4.47 Å². The van der Waals surface area contributed by atoms with Crippen molar-refractivity contribution < 1.29 is 9.21 Å². The van der Waals surface area contributed by atoms with Gasteiger partial charge in [-0.05, 0) is 27.5 Å². The predicted molar refractivity (Wildman–Crippen MR) is 36.6 cm³/mol. The van der Waals surface area contributed by atoms with Crippen molar-refractivity contribution in [3.05, 3.63) is 22.6 Å². The van der Waals surface area contributed by atoms with Crippen LogP contribution in [0.5, 0.6) is 0 Å². The summed E-state index contributed by atoms with van der Waals surface area (Å²) in [5, 5.41) is -0.583. The summed E-state index contributed by atoms with van der Waals surface area (Å²) in [6.07, 6.45) is 1.40. The SMILES string of the molecule is O=C(Cl)c1cc(Br)co1. The molecule has 0 fully saturated rings. The lowest BCUT2D eigenvalue weighted by Crippen LogP contribution is -1.80. The molecule has 0 aliphatic heterocycles. The summed E-state index contributed by atoms with van der Waals surface area (Å²) in [4.78, 5) is 10.3. The van der Waals surface area contributed by atoms with Gasteiger partial charge in [0, 0.05) is 6.07 Å². The van der Waals surface area contributed by atoms with Crippen molar-refractivity contribution in [3.8, 4) is 0 Å². The fourth-order valence-electron chi connectivity index (χ4n) is 0.416. The number of furan rings is 1. The highest BCUT2D eigenvalue weighted by Crippen LogP contribution is 2.15. The van der Waals surface area contributed by atoms with Crippen LogP contribution in [0.25, 0.3) is 0 Å². The second-order valence-corrected chi connectivity index (χ2v) is 2.66. The van der Waals surface area contributed by atoms with Gasteiger partial charge in [0.1, 0.15) is 6.26 Å². The lowest BCUT2D eigenvalue weighted by molar-refractivity contribution is 0.105. The van der Waals surface area contributed by atoms with Gasteiger partial charge in [0.05, 0.1) is 4.47 Å². The van der Waals surface area contributed by atoms with Crippen LogP contribution in [0.15, 0.2) is 21.2 Å². The molecule has 1 heterocycles. The number of carbonyl (C=O) groups excluding carboxylic acids is 1. The van der Waals surface area contributed by atoms with Crippen LogP contribution in [0.2, 0.25) is 0 Å². The summed E-state index contributed by atoms with van der Waals surface area (Å²) in [7, 11) is 0. The van der Waals surface area contributed by atoms with E-state index in [1.807, 2.05) is 0 Å². The third-order valence-electron chi connectivity index (χ3n) is 0.761. The minimum absolute atomic E-state index is 0.156. The van der Waals surface area contributed by atoms with Crippen LogP contribution in [0.1, 0.15) is 10.6 Å². The Hall–Kier alpha value is -0.280. The van der Waals surface area contributed by atoms with Crippen LogP contribution in [0.3, 0.4) is 0 Å². The molecule has 48 valence electrons. The first-order valence-electron chi connectivity index (χ1n) is 2.14. The molecular weight excluding hydrogens is 207 g/mol. The van der Waals surface area contributed by atoms with Gasteiger partial charge in [-0.3, -0.25) is 4.79 Å². The molecule has 0 saturated heterocycles. The topological polar surface area (TPSA) is 30.2 Å². The quantitative estimate of drug-likeness (QED) is 0.665. The molecule has 0 radical (unpaired) electrons. The van der Waals surface area contributed by atoms with Crippen LogP contribution in [0, 0.1) is 0 Å². The van der Waals surface area contributed by atoms with E-state index in [0.717, 1.165) is 0 Å². The highest BCUT2D eigenvalue weighted by atomic mass is 79.9. The molecule has 0 aromatic carbocycles. The van der Waals surface area contributed by atoms with E-state index in [9.17, 15) is 4.79 Å². The monoisotopic (exact) mass is 208 g/mol. The average Bonchev–Trinajstić information content (AvgIpc) is 2.14. The highest BCUT2D eigenvalue weighted by molar-refractivity contribution is 9.10. The first-order valence-corrected chi connectivity index (χ1v) is 3.31. The first kappa shape index (κ1) is 6.83. The minimum atomic E-state index is -0.583. The molecule has 1 aromatic rings. The molecule has 1 aromatic heterocycles. The maximum absolute atomic E-state index is 10.3. The Morgan fingerprint density at radius 1 is 1.78 bits per heavy atom. The van der Waals surface area contributed by atoms with Gasteiger partial charge in [0.25, 0.3) is 5.24 Å². The van der Waals surface area contributed by atoms with E-state index in [-0.39, 0.29) is 5.76 Å². The van der Waals surface area contributed by atoms with E-state index in [1.54, 1.807) is 0 Å².